The van der Waals surface area contributed by atoms with Gasteiger partial charge in [0.2, 0.25) is 0 Å². The number of nitriles is 1. The van der Waals surface area contributed by atoms with Crippen LogP contribution in [0.25, 0.3) is 6.08 Å². The molecule has 1 amide bonds. The van der Waals surface area contributed by atoms with E-state index in [1.165, 1.54) is 11.3 Å². The Balaban J connectivity index is 2.17. The lowest BCUT2D eigenvalue weighted by Gasteiger charge is -2.04. The molecule has 2 aromatic rings. The van der Waals surface area contributed by atoms with Crippen LogP contribution in [0.5, 0.6) is 0 Å². The van der Waals surface area contributed by atoms with Gasteiger partial charge in [0.05, 0.1) is 0 Å². The smallest absolute Gasteiger partial charge is 0.266 e. The zero-order valence-corrected chi connectivity index (χ0v) is 12.7. The zero-order chi connectivity index (χ0) is 13.7. The first-order valence-corrected chi connectivity index (χ1v) is 7.37. The van der Waals surface area contributed by atoms with Crippen molar-refractivity contribution in [3.63, 3.8) is 0 Å². The summed E-state index contributed by atoms with van der Waals surface area (Å²) in [7, 11) is 0. The molecule has 2 rings (SSSR count). The average Bonchev–Trinajstić information content (AvgIpc) is 2.88. The second-order valence-corrected chi connectivity index (χ2v) is 5.87. The Kier molecular flexibility index (Phi) is 4.71. The molecule has 19 heavy (non-hydrogen) atoms. The van der Waals surface area contributed by atoms with Gasteiger partial charge < -0.3 is 5.32 Å². The summed E-state index contributed by atoms with van der Waals surface area (Å²) in [5.41, 5.74) is 0.783. The van der Waals surface area contributed by atoms with E-state index in [9.17, 15) is 4.79 Å². The fourth-order valence-electron chi connectivity index (χ4n) is 1.43. The van der Waals surface area contributed by atoms with Gasteiger partial charge in [0.1, 0.15) is 11.6 Å². The molecule has 0 saturated carbocycles. The molecule has 0 aliphatic rings. The summed E-state index contributed by atoms with van der Waals surface area (Å²) in [4.78, 5) is 12.9. The van der Waals surface area contributed by atoms with Crippen LogP contribution in [-0.2, 0) is 4.79 Å². The van der Waals surface area contributed by atoms with Gasteiger partial charge in [-0.05, 0) is 58.3 Å². The van der Waals surface area contributed by atoms with Crippen molar-refractivity contribution < 1.29 is 4.79 Å². The lowest BCUT2D eigenvalue weighted by atomic mass is 10.2. The third-order valence-corrected chi connectivity index (χ3v) is 3.77. The van der Waals surface area contributed by atoms with Gasteiger partial charge in [-0.2, -0.15) is 5.26 Å². The molecule has 0 spiro atoms. The highest BCUT2D eigenvalue weighted by Gasteiger charge is 2.09. The SMILES string of the molecule is N#CC(=Cc1cccs1)C(=O)Nc1cccc(I)c1. The Bertz CT molecular complexity index is 656. The van der Waals surface area contributed by atoms with Crippen LogP contribution in [0.2, 0.25) is 0 Å². The number of rotatable bonds is 3. The van der Waals surface area contributed by atoms with E-state index in [1.54, 1.807) is 12.1 Å². The summed E-state index contributed by atoms with van der Waals surface area (Å²) in [5, 5.41) is 13.7. The molecule has 3 nitrogen and oxygen atoms in total. The Morgan fingerprint density at radius 2 is 2.21 bits per heavy atom. The number of halogens is 1. The number of hydrogen-bond donors (Lipinski definition) is 1. The molecule has 0 aliphatic heterocycles. The van der Waals surface area contributed by atoms with Crippen molar-refractivity contribution in [2.75, 3.05) is 5.32 Å². The van der Waals surface area contributed by atoms with Crippen molar-refractivity contribution in [2.24, 2.45) is 0 Å². The predicted molar refractivity (Wildman–Crippen MR) is 85.7 cm³/mol. The maximum Gasteiger partial charge on any atom is 0.266 e. The largest absolute Gasteiger partial charge is 0.321 e. The fourth-order valence-corrected chi connectivity index (χ4v) is 2.63. The minimum atomic E-state index is -0.391. The second kappa shape index (κ2) is 6.50. The molecule has 0 aliphatic carbocycles. The highest BCUT2D eigenvalue weighted by Crippen LogP contribution is 2.16. The zero-order valence-electron chi connectivity index (χ0n) is 9.76. The molecular weight excluding hydrogens is 371 g/mol. The number of benzene rings is 1. The topological polar surface area (TPSA) is 52.9 Å². The van der Waals surface area contributed by atoms with E-state index in [-0.39, 0.29) is 5.57 Å². The number of nitrogens with zero attached hydrogens (tertiary/aromatic N) is 1. The predicted octanol–water partition coefficient (Wildman–Crippen LogP) is 3.90. The van der Waals surface area contributed by atoms with Crippen LogP contribution in [0.3, 0.4) is 0 Å². The van der Waals surface area contributed by atoms with Crippen molar-refractivity contribution in [2.45, 2.75) is 0 Å². The van der Waals surface area contributed by atoms with Crippen molar-refractivity contribution in [1.29, 1.82) is 5.26 Å². The molecule has 1 N–H and O–H groups in total. The number of carbonyl (C=O) groups is 1. The van der Waals surface area contributed by atoms with Gasteiger partial charge in [-0.15, -0.1) is 11.3 Å². The summed E-state index contributed by atoms with van der Waals surface area (Å²) in [6.07, 6.45) is 1.59. The lowest BCUT2D eigenvalue weighted by Crippen LogP contribution is -2.13. The number of anilines is 1. The molecule has 0 fully saturated rings. The Morgan fingerprint density at radius 3 is 2.84 bits per heavy atom. The quantitative estimate of drug-likeness (QED) is 0.499. The van der Waals surface area contributed by atoms with Gasteiger partial charge in [-0.25, -0.2) is 0 Å². The average molecular weight is 380 g/mol. The maximum absolute atomic E-state index is 12.0. The van der Waals surface area contributed by atoms with Gasteiger partial charge in [0.15, 0.2) is 0 Å². The molecule has 1 aromatic heterocycles. The summed E-state index contributed by atoms with van der Waals surface area (Å²) >= 11 is 3.65. The number of thiophene rings is 1. The summed E-state index contributed by atoms with van der Waals surface area (Å²) in [6, 6.07) is 13.1. The monoisotopic (exact) mass is 380 g/mol. The minimum absolute atomic E-state index is 0.0984. The summed E-state index contributed by atoms with van der Waals surface area (Å²) in [5.74, 6) is -0.391. The normalized spacial score (nSPS) is 10.8. The van der Waals surface area contributed by atoms with E-state index < -0.39 is 5.91 Å². The van der Waals surface area contributed by atoms with Crippen LogP contribution < -0.4 is 5.32 Å². The Morgan fingerprint density at radius 1 is 1.37 bits per heavy atom. The number of carbonyl (C=O) groups excluding carboxylic acids is 1. The second-order valence-electron chi connectivity index (χ2n) is 3.65. The molecule has 5 heteroatoms. The van der Waals surface area contributed by atoms with Gasteiger partial charge >= 0.3 is 0 Å². The van der Waals surface area contributed by atoms with E-state index in [4.69, 9.17) is 5.26 Å². The number of hydrogen-bond acceptors (Lipinski definition) is 3. The van der Waals surface area contributed by atoms with Crippen molar-refractivity contribution >= 4 is 51.6 Å². The van der Waals surface area contributed by atoms with Crippen LogP contribution in [0.15, 0.2) is 47.4 Å². The van der Waals surface area contributed by atoms with Crippen molar-refractivity contribution in [3.8, 4) is 6.07 Å². The molecule has 0 bridgehead atoms. The van der Waals surface area contributed by atoms with E-state index >= 15 is 0 Å². The van der Waals surface area contributed by atoms with Crippen LogP contribution >= 0.6 is 33.9 Å². The van der Waals surface area contributed by atoms with Crippen molar-refractivity contribution in [3.05, 3.63) is 55.8 Å². The van der Waals surface area contributed by atoms with E-state index in [1.807, 2.05) is 41.8 Å². The molecular formula is C14H9IN2OS. The lowest BCUT2D eigenvalue weighted by molar-refractivity contribution is -0.112. The van der Waals surface area contributed by atoms with Gasteiger partial charge in [-0.1, -0.05) is 12.1 Å². The van der Waals surface area contributed by atoms with Gasteiger partial charge in [0.25, 0.3) is 5.91 Å². The summed E-state index contributed by atoms with van der Waals surface area (Å²) in [6.45, 7) is 0. The molecule has 0 saturated heterocycles. The molecule has 1 aromatic carbocycles. The first-order valence-electron chi connectivity index (χ1n) is 5.41. The third kappa shape index (κ3) is 3.91. The highest BCUT2D eigenvalue weighted by molar-refractivity contribution is 14.1. The molecule has 0 unspecified atom stereocenters. The Labute approximate surface area is 128 Å². The van der Waals surface area contributed by atoms with E-state index in [0.717, 1.165) is 8.45 Å². The third-order valence-electron chi connectivity index (χ3n) is 2.28. The summed E-state index contributed by atoms with van der Waals surface area (Å²) < 4.78 is 1.02. The first kappa shape index (κ1) is 13.8. The van der Waals surface area contributed by atoms with Gasteiger partial charge in [0, 0.05) is 14.1 Å². The first-order chi connectivity index (χ1) is 9.19. The Hall–Kier alpha value is -1.65. The van der Waals surface area contributed by atoms with Crippen LogP contribution in [0.4, 0.5) is 5.69 Å². The fraction of sp³-hybridized carbons (Fsp3) is 0. The number of amides is 1. The molecule has 94 valence electrons. The number of nitrogens with one attached hydrogen (secondary N) is 1. The molecule has 1 heterocycles. The molecule has 0 atom stereocenters. The maximum atomic E-state index is 12.0. The van der Waals surface area contributed by atoms with Gasteiger partial charge in [-0.3, -0.25) is 4.79 Å². The van der Waals surface area contributed by atoms with Crippen LogP contribution in [-0.4, -0.2) is 5.91 Å². The standard InChI is InChI=1S/C14H9IN2OS/c15-11-3-1-4-12(8-11)17-14(18)10(9-16)7-13-5-2-6-19-13/h1-8H,(H,17,18). The van der Waals surface area contributed by atoms with E-state index in [2.05, 4.69) is 27.9 Å². The van der Waals surface area contributed by atoms with E-state index in [0.29, 0.717) is 5.69 Å². The molecule has 0 radical (unpaired) electrons. The van der Waals surface area contributed by atoms with Crippen LogP contribution in [0.1, 0.15) is 4.88 Å². The van der Waals surface area contributed by atoms with Crippen molar-refractivity contribution in [1.82, 2.24) is 0 Å². The highest BCUT2D eigenvalue weighted by atomic mass is 127. The minimum Gasteiger partial charge on any atom is -0.321 e. The van der Waals surface area contributed by atoms with Crippen LogP contribution in [0, 0.1) is 14.9 Å².